The van der Waals surface area contributed by atoms with Crippen molar-refractivity contribution in [2.75, 3.05) is 6.54 Å². The predicted molar refractivity (Wildman–Crippen MR) is 90.5 cm³/mol. The Morgan fingerprint density at radius 1 is 0.773 bits per heavy atom. The fraction of sp³-hybridized carbons (Fsp3) is 0.333. The number of nitrogens with zero attached hydrogens (tertiary/aromatic N) is 1. The van der Waals surface area contributed by atoms with E-state index in [-0.39, 0.29) is 0 Å². The van der Waals surface area contributed by atoms with Gasteiger partial charge in [0.2, 0.25) is 0 Å². The molecule has 5 rings (SSSR count). The molecule has 0 radical (unpaired) electrons. The van der Waals surface area contributed by atoms with Crippen LogP contribution < -0.4 is 0 Å². The van der Waals surface area contributed by atoms with Crippen LogP contribution in [0.25, 0.3) is 5.57 Å². The zero-order valence-electron chi connectivity index (χ0n) is 12.9. The minimum Gasteiger partial charge on any atom is -0.363 e. The molecule has 0 N–H and O–H groups in total. The minimum absolute atomic E-state index is 0.443. The van der Waals surface area contributed by atoms with Gasteiger partial charge in [0.1, 0.15) is 0 Å². The summed E-state index contributed by atoms with van der Waals surface area (Å²) in [6, 6.07) is 18.6. The number of rotatable bonds is 0. The Bertz CT molecular complexity index is 771. The van der Waals surface area contributed by atoms with Crippen LogP contribution in [0.1, 0.15) is 54.0 Å². The molecule has 3 aliphatic rings. The van der Waals surface area contributed by atoms with Crippen LogP contribution in [0.5, 0.6) is 0 Å². The minimum atomic E-state index is 0.443. The van der Waals surface area contributed by atoms with Gasteiger partial charge in [0.05, 0.1) is 6.04 Å². The Balaban J connectivity index is 1.78. The van der Waals surface area contributed by atoms with Crippen LogP contribution in [0.3, 0.4) is 0 Å². The van der Waals surface area contributed by atoms with E-state index in [1.807, 2.05) is 0 Å². The smallest absolute Gasteiger partial charge is 0.0801 e. The van der Waals surface area contributed by atoms with Gasteiger partial charge in [0.15, 0.2) is 0 Å². The lowest BCUT2D eigenvalue weighted by Crippen LogP contribution is -2.39. The van der Waals surface area contributed by atoms with Gasteiger partial charge < -0.3 is 4.90 Å². The molecule has 0 aromatic heterocycles. The van der Waals surface area contributed by atoms with Gasteiger partial charge in [-0.05, 0) is 59.9 Å². The topological polar surface area (TPSA) is 3.24 Å². The Morgan fingerprint density at radius 2 is 1.55 bits per heavy atom. The molecule has 22 heavy (non-hydrogen) atoms. The average Bonchev–Trinajstić information content (AvgIpc) is 2.61. The van der Waals surface area contributed by atoms with Gasteiger partial charge in [0.25, 0.3) is 0 Å². The van der Waals surface area contributed by atoms with Crippen LogP contribution in [-0.2, 0) is 6.42 Å². The maximum atomic E-state index is 2.72. The van der Waals surface area contributed by atoms with Crippen LogP contribution >= 0.6 is 0 Å². The highest BCUT2D eigenvalue weighted by atomic mass is 15.2. The second-order valence-electron chi connectivity index (χ2n) is 6.76. The first-order valence-corrected chi connectivity index (χ1v) is 8.59. The molecule has 2 aromatic carbocycles. The molecule has 1 unspecified atom stereocenters. The largest absolute Gasteiger partial charge is 0.363 e. The number of fused-ring (bicyclic) bond motifs is 7. The molecule has 0 fully saturated rings. The van der Waals surface area contributed by atoms with Crippen LogP contribution in [-0.4, -0.2) is 11.4 Å². The summed E-state index contributed by atoms with van der Waals surface area (Å²) in [5.74, 6) is 0. The number of allylic oxidation sites excluding steroid dienone is 2. The lowest BCUT2D eigenvalue weighted by atomic mass is 9.77. The normalized spacial score (nSPS) is 22.5. The van der Waals surface area contributed by atoms with Crippen LogP contribution in [0.4, 0.5) is 0 Å². The molecule has 110 valence electrons. The molecule has 2 heterocycles. The molecule has 2 aromatic rings. The molecule has 1 heteroatoms. The summed E-state index contributed by atoms with van der Waals surface area (Å²) >= 11 is 0. The van der Waals surface area contributed by atoms with Crippen molar-refractivity contribution in [2.45, 2.75) is 38.1 Å². The van der Waals surface area contributed by atoms with E-state index in [1.54, 1.807) is 16.8 Å². The van der Waals surface area contributed by atoms with Crippen molar-refractivity contribution in [3.05, 3.63) is 76.5 Å². The molecule has 2 aliphatic heterocycles. The highest BCUT2D eigenvalue weighted by Crippen LogP contribution is 2.49. The van der Waals surface area contributed by atoms with Gasteiger partial charge in [-0.2, -0.15) is 0 Å². The third kappa shape index (κ3) is 1.65. The number of hydrogen-bond acceptors (Lipinski definition) is 1. The summed E-state index contributed by atoms with van der Waals surface area (Å²) in [4.78, 5) is 2.72. The average molecular weight is 287 g/mol. The first kappa shape index (κ1) is 12.5. The summed E-state index contributed by atoms with van der Waals surface area (Å²) in [5, 5.41) is 0. The van der Waals surface area contributed by atoms with E-state index in [0.717, 1.165) is 0 Å². The van der Waals surface area contributed by atoms with E-state index in [2.05, 4.69) is 53.4 Å². The molecule has 0 saturated heterocycles. The molecule has 0 bridgehead atoms. The predicted octanol–water partition coefficient (Wildman–Crippen LogP) is 4.93. The summed E-state index contributed by atoms with van der Waals surface area (Å²) in [6.45, 7) is 1.18. The van der Waals surface area contributed by atoms with Crippen molar-refractivity contribution >= 4 is 5.57 Å². The van der Waals surface area contributed by atoms with Crippen molar-refractivity contribution in [3.63, 3.8) is 0 Å². The molecule has 0 spiro atoms. The van der Waals surface area contributed by atoms with Gasteiger partial charge >= 0.3 is 0 Å². The molecule has 0 saturated carbocycles. The summed E-state index contributed by atoms with van der Waals surface area (Å²) in [5.41, 5.74) is 9.39. The van der Waals surface area contributed by atoms with E-state index in [0.29, 0.717) is 6.04 Å². The van der Waals surface area contributed by atoms with Gasteiger partial charge in [-0.1, -0.05) is 48.5 Å². The van der Waals surface area contributed by atoms with Crippen molar-refractivity contribution in [1.29, 1.82) is 0 Å². The lowest BCUT2D eigenvalue weighted by Gasteiger charge is -2.47. The summed E-state index contributed by atoms with van der Waals surface area (Å²) < 4.78 is 0. The highest BCUT2D eigenvalue weighted by molar-refractivity contribution is 5.75. The van der Waals surface area contributed by atoms with E-state index < -0.39 is 0 Å². The van der Waals surface area contributed by atoms with Crippen LogP contribution in [0.2, 0.25) is 0 Å². The monoisotopic (exact) mass is 287 g/mol. The Morgan fingerprint density at radius 3 is 2.50 bits per heavy atom. The standard InChI is InChI=1S/C21H21N/c1-2-8-16-15(7-1)13-14-22-20-12-6-5-10-18(20)17-9-3-4-11-19(17)21(16)22/h1-4,7-9,11,21H,5-6,10,12-14H2. The summed E-state index contributed by atoms with van der Waals surface area (Å²) in [7, 11) is 0. The maximum absolute atomic E-state index is 2.72. The Hall–Kier alpha value is -2.02. The quantitative estimate of drug-likeness (QED) is 0.664. The van der Waals surface area contributed by atoms with Gasteiger partial charge in [0, 0.05) is 12.2 Å². The third-order valence-electron chi connectivity index (χ3n) is 5.65. The number of hydrogen-bond donors (Lipinski definition) is 0. The Kier molecular flexibility index (Phi) is 2.70. The van der Waals surface area contributed by atoms with E-state index in [9.17, 15) is 0 Å². The highest BCUT2D eigenvalue weighted by Gasteiger charge is 2.37. The first-order valence-electron chi connectivity index (χ1n) is 8.59. The van der Waals surface area contributed by atoms with E-state index in [1.165, 1.54) is 55.3 Å². The van der Waals surface area contributed by atoms with E-state index >= 15 is 0 Å². The Labute approximate surface area is 132 Å². The molecule has 1 atom stereocenters. The van der Waals surface area contributed by atoms with Gasteiger partial charge in [-0.15, -0.1) is 0 Å². The second kappa shape index (κ2) is 4.74. The van der Waals surface area contributed by atoms with Gasteiger partial charge in [-0.3, -0.25) is 0 Å². The van der Waals surface area contributed by atoms with Crippen molar-refractivity contribution < 1.29 is 0 Å². The number of benzene rings is 2. The van der Waals surface area contributed by atoms with E-state index in [4.69, 9.17) is 0 Å². The fourth-order valence-electron chi connectivity index (χ4n) is 4.70. The van der Waals surface area contributed by atoms with Crippen LogP contribution in [0, 0.1) is 0 Å². The molecule has 0 amide bonds. The van der Waals surface area contributed by atoms with Crippen molar-refractivity contribution in [3.8, 4) is 0 Å². The van der Waals surface area contributed by atoms with Crippen molar-refractivity contribution in [2.24, 2.45) is 0 Å². The molecule has 1 aliphatic carbocycles. The van der Waals surface area contributed by atoms with Gasteiger partial charge in [-0.25, -0.2) is 0 Å². The van der Waals surface area contributed by atoms with Crippen LogP contribution in [0.15, 0.2) is 54.2 Å². The lowest BCUT2D eigenvalue weighted by molar-refractivity contribution is 0.255. The molecule has 1 nitrogen and oxygen atoms in total. The maximum Gasteiger partial charge on any atom is 0.0801 e. The SMILES string of the molecule is c1ccc2c(c1)CCN1C3=C(CCCC3)c3ccccc3C21. The zero-order valence-corrected chi connectivity index (χ0v) is 12.9. The molecular weight excluding hydrogens is 266 g/mol. The fourth-order valence-corrected chi connectivity index (χ4v) is 4.70. The zero-order chi connectivity index (χ0) is 14.5. The second-order valence-corrected chi connectivity index (χ2v) is 6.76. The molecular formula is C21H21N. The summed E-state index contributed by atoms with van der Waals surface area (Å²) in [6.07, 6.45) is 6.42. The first-order chi connectivity index (χ1) is 10.9. The van der Waals surface area contributed by atoms with Crippen molar-refractivity contribution in [1.82, 2.24) is 4.90 Å². The third-order valence-corrected chi connectivity index (χ3v) is 5.65.